The van der Waals surface area contributed by atoms with Crippen molar-refractivity contribution in [3.8, 4) is 5.75 Å². The number of carbonyl (C=O) groups is 2. The van der Waals surface area contributed by atoms with Gasteiger partial charge in [-0.2, -0.15) is 0 Å². The Labute approximate surface area is 145 Å². The number of benzene rings is 1. The minimum Gasteiger partial charge on any atom is -0.479 e. The fourth-order valence-corrected chi connectivity index (χ4v) is 3.42. The first-order valence-corrected chi connectivity index (χ1v) is 8.48. The Hall–Kier alpha value is -2.83. The average molecular weight is 340 g/mol. The highest BCUT2D eigenvalue weighted by Gasteiger charge is 2.33. The van der Waals surface area contributed by atoms with Crippen LogP contribution >= 0.6 is 0 Å². The SMILES string of the molecule is C[C@H]1Oc2ccccc2N(CC(=O)N[C@@H]2CCc3nccn3C2)C1=O. The van der Waals surface area contributed by atoms with Crippen LogP contribution in [0, 0.1) is 0 Å². The number of amides is 2. The molecule has 4 rings (SSSR count). The molecule has 25 heavy (non-hydrogen) atoms. The molecule has 1 N–H and O–H groups in total. The maximum absolute atomic E-state index is 12.5. The molecule has 3 heterocycles. The Morgan fingerprint density at radius 1 is 1.40 bits per heavy atom. The van der Waals surface area contributed by atoms with Gasteiger partial charge in [0.25, 0.3) is 5.91 Å². The van der Waals surface area contributed by atoms with Gasteiger partial charge in [0.05, 0.1) is 5.69 Å². The molecule has 2 atom stereocenters. The monoisotopic (exact) mass is 340 g/mol. The van der Waals surface area contributed by atoms with Crippen LogP contribution in [0.15, 0.2) is 36.7 Å². The fraction of sp³-hybridized carbons (Fsp3) is 0.389. The zero-order chi connectivity index (χ0) is 17.4. The molecule has 2 amide bonds. The number of ether oxygens (including phenoxy) is 1. The second-order valence-corrected chi connectivity index (χ2v) is 6.45. The van der Waals surface area contributed by atoms with E-state index in [1.54, 1.807) is 19.2 Å². The van der Waals surface area contributed by atoms with Crippen LogP contribution in [0.25, 0.3) is 0 Å². The largest absolute Gasteiger partial charge is 0.479 e. The predicted molar refractivity (Wildman–Crippen MR) is 91.4 cm³/mol. The van der Waals surface area contributed by atoms with E-state index >= 15 is 0 Å². The number of carbonyl (C=O) groups excluding carboxylic acids is 2. The number of hydrogen-bond donors (Lipinski definition) is 1. The highest BCUT2D eigenvalue weighted by Crippen LogP contribution is 2.33. The number of hydrogen-bond acceptors (Lipinski definition) is 4. The van der Waals surface area contributed by atoms with E-state index in [9.17, 15) is 9.59 Å². The molecule has 2 aliphatic rings. The number of anilines is 1. The van der Waals surface area contributed by atoms with Crippen molar-refractivity contribution in [1.82, 2.24) is 14.9 Å². The topological polar surface area (TPSA) is 76.5 Å². The number of fused-ring (bicyclic) bond motifs is 2. The first-order valence-electron chi connectivity index (χ1n) is 8.48. The van der Waals surface area contributed by atoms with E-state index in [-0.39, 0.29) is 24.4 Å². The van der Waals surface area contributed by atoms with Crippen molar-refractivity contribution in [3.05, 3.63) is 42.5 Å². The van der Waals surface area contributed by atoms with Crippen LogP contribution in [-0.2, 0) is 22.6 Å². The third-order valence-electron chi connectivity index (χ3n) is 4.68. The Bertz CT molecular complexity index is 816. The third-order valence-corrected chi connectivity index (χ3v) is 4.68. The van der Waals surface area contributed by atoms with Crippen molar-refractivity contribution in [3.63, 3.8) is 0 Å². The smallest absolute Gasteiger partial charge is 0.268 e. The second-order valence-electron chi connectivity index (χ2n) is 6.45. The molecular formula is C18H20N4O3. The standard InChI is InChI=1S/C18H20N4O3/c1-12-18(24)22(14-4-2-3-5-15(14)25-12)11-17(23)20-13-6-7-16-19-8-9-21(16)10-13/h2-5,8-9,12-13H,6-7,10-11H2,1H3,(H,20,23)/t12-,13-/m1/s1. The van der Waals surface area contributed by atoms with E-state index in [0.717, 1.165) is 18.7 Å². The highest BCUT2D eigenvalue weighted by atomic mass is 16.5. The minimum atomic E-state index is -0.592. The van der Waals surface area contributed by atoms with Crippen LogP contribution in [0.4, 0.5) is 5.69 Å². The summed E-state index contributed by atoms with van der Waals surface area (Å²) in [4.78, 5) is 30.8. The molecule has 0 saturated heterocycles. The number of nitrogens with zero attached hydrogens (tertiary/aromatic N) is 3. The zero-order valence-electron chi connectivity index (χ0n) is 14.0. The predicted octanol–water partition coefficient (Wildman–Crippen LogP) is 1.13. The van der Waals surface area contributed by atoms with Gasteiger partial charge in [0.1, 0.15) is 18.1 Å². The van der Waals surface area contributed by atoms with Crippen molar-refractivity contribution < 1.29 is 14.3 Å². The van der Waals surface area contributed by atoms with E-state index < -0.39 is 6.10 Å². The van der Waals surface area contributed by atoms with E-state index in [1.807, 2.05) is 24.4 Å². The van der Waals surface area contributed by atoms with Crippen LogP contribution in [0.1, 0.15) is 19.2 Å². The summed E-state index contributed by atoms with van der Waals surface area (Å²) in [5.41, 5.74) is 0.640. The lowest BCUT2D eigenvalue weighted by molar-refractivity contribution is -0.128. The number of imidazole rings is 1. The van der Waals surface area contributed by atoms with Crippen molar-refractivity contribution in [2.75, 3.05) is 11.4 Å². The van der Waals surface area contributed by atoms with Gasteiger partial charge in [0.2, 0.25) is 5.91 Å². The first kappa shape index (κ1) is 15.7. The molecule has 130 valence electrons. The maximum atomic E-state index is 12.5. The second kappa shape index (κ2) is 6.23. The normalized spacial score (nSPS) is 22.0. The molecule has 0 saturated carbocycles. The molecular weight excluding hydrogens is 320 g/mol. The number of aromatic nitrogens is 2. The maximum Gasteiger partial charge on any atom is 0.268 e. The lowest BCUT2D eigenvalue weighted by atomic mass is 10.1. The summed E-state index contributed by atoms with van der Waals surface area (Å²) in [5, 5.41) is 3.04. The number of aryl methyl sites for hydroxylation is 1. The fourth-order valence-electron chi connectivity index (χ4n) is 3.42. The molecule has 0 bridgehead atoms. The molecule has 7 heteroatoms. The molecule has 2 aromatic rings. The van der Waals surface area contributed by atoms with Gasteiger partial charge in [-0.3, -0.25) is 14.5 Å². The molecule has 0 spiro atoms. The summed E-state index contributed by atoms with van der Waals surface area (Å²) < 4.78 is 7.66. The molecule has 0 fully saturated rings. The van der Waals surface area contributed by atoms with Gasteiger partial charge in [-0.05, 0) is 25.5 Å². The minimum absolute atomic E-state index is 0.00314. The zero-order valence-corrected chi connectivity index (χ0v) is 14.0. The van der Waals surface area contributed by atoms with E-state index in [0.29, 0.717) is 18.0 Å². The summed E-state index contributed by atoms with van der Waals surface area (Å²) >= 11 is 0. The van der Waals surface area contributed by atoms with Gasteiger partial charge < -0.3 is 14.6 Å². The molecule has 1 aromatic heterocycles. The lowest BCUT2D eigenvalue weighted by Crippen LogP contribution is -2.51. The lowest BCUT2D eigenvalue weighted by Gasteiger charge is -2.33. The van der Waals surface area contributed by atoms with Crippen molar-refractivity contribution in [2.45, 2.75) is 38.5 Å². The van der Waals surface area contributed by atoms with Gasteiger partial charge >= 0.3 is 0 Å². The number of para-hydroxylation sites is 2. The van der Waals surface area contributed by atoms with Gasteiger partial charge in [-0.1, -0.05) is 12.1 Å². The van der Waals surface area contributed by atoms with Crippen molar-refractivity contribution in [2.24, 2.45) is 0 Å². The number of rotatable bonds is 3. The third kappa shape index (κ3) is 2.97. The van der Waals surface area contributed by atoms with Gasteiger partial charge in [0.15, 0.2) is 6.10 Å². The Morgan fingerprint density at radius 3 is 3.12 bits per heavy atom. The molecule has 1 aromatic carbocycles. The Morgan fingerprint density at radius 2 is 2.24 bits per heavy atom. The van der Waals surface area contributed by atoms with Crippen LogP contribution in [0.3, 0.4) is 0 Å². The van der Waals surface area contributed by atoms with E-state index in [1.165, 1.54) is 4.90 Å². The summed E-state index contributed by atoms with van der Waals surface area (Å²) in [5.74, 6) is 1.32. The Balaban J connectivity index is 1.45. The quantitative estimate of drug-likeness (QED) is 0.909. The van der Waals surface area contributed by atoms with Gasteiger partial charge in [-0.15, -0.1) is 0 Å². The average Bonchev–Trinajstić information content (AvgIpc) is 3.06. The molecule has 0 aliphatic carbocycles. The molecule has 7 nitrogen and oxygen atoms in total. The highest BCUT2D eigenvalue weighted by molar-refractivity contribution is 6.03. The van der Waals surface area contributed by atoms with Crippen LogP contribution in [-0.4, -0.2) is 40.1 Å². The van der Waals surface area contributed by atoms with E-state index in [4.69, 9.17) is 4.74 Å². The van der Waals surface area contributed by atoms with Crippen LogP contribution in [0.5, 0.6) is 5.75 Å². The summed E-state index contributed by atoms with van der Waals surface area (Å²) in [6.07, 6.45) is 4.81. The first-order chi connectivity index (χ1) is 12.1. The van der Waals surface area contributed by atoms with Crippen molar-refractivity contribution >= 4 is 17.5 Å². The summed E-state index contributed by atoms with van der Waals surface area (Å²) in [7, 11) is 0. The van der Waals surface area contributed by atoms with E-state index in [2.05, 4.69) is 14.9 Å². The molecule has 0 radical (unpaired) electrons. The van der Waals surface area contributed by atoms with Crippen LogP contribution < -0.4 is 15.0 Å². The van der Waals surface area contributed by atoms with Gasteiger partial charge in [0, 0.05) is 31.4 Å². The summed E-state index contributed by atoms with van der Waals surface area (Å²) in [6.45, 7) is 2.41. The Kier molecular flexibility index (Phi) is 3.91. The van der Waals surface area contributed by atoms with Crippen LogP contribution in [0.2, 0.25) is 0 Å². The summed E-state index contributed by atoms with van der Waals surface area (Å²) in [6, 6.07) is 7.34. The molecule has 0 unspecified atom stereocenters. The van der Waals surface area contributed by atoms with Crippen molar-refractivity contribution in [1.29, 1.82) is 0 Å². The molecule has 2 aliphatic heterocycles. The number of nitrogens with one attached hydrogen (secondary N) is 1. The van der Waals surface area contributed by atoms with Gasteiger partial charge in [-0.25, -0.2) is 4.98 Å².